The number of ether oxygens (including phenoxy) is 2. The van der Waals surface area contributed by atoms with E-state index in [-0.39, 0.29) is 29.9 Å². The zero-order chi connectivity index (χ0) is 22.6. The lowest BCUT2D eigenvalue weighted by Crippen LogP contribution is -2.54. The molecule has 0 aromatic heterocycles. The summed E-state index contributed by atoms with van der Waals surface area (Å²) in [5.41, 5.74) is 0. The van der Waals surface area contributed by atoms with Crippen molar-refractivity contribution in [2.75, 3.05) is 39.9 Å². The zero-order valence-electron chi connectivity index (χ0n) is 18.2. The summed E-state index contributed by atoms with van der Waals surface area (Å²) >= 11 is 0. The number of hydrogen-bond donors (Lipinski definition) is 1. The Morgan fingerprint density at radius 2 is 1.90 bits per heavy atom. The van der Waals surface area contributed by atoms with Gasteiger partial charge in [0.05, 0.1) is 25.2 Å². The van der Waals surface area contributed by atoms with Gasteiger partial charge in [-0.05, 0) is 63.4 Å². The number of nitrogens with one attached hydrogen (secondary N) is 1. The lowest BCUT2D eigenvalue weighted by Gasteiger charge is -2.38. The molecular weight excluding hydrogens is 422 g/mol. The number of hydrogen-bond acceptors (Lipinski definition) is 7. The lowest BCUT2D eigenvalue weighted by molar-refractivity contribution is -0.147. The normalized spacial score (nSPS) is 24.4. The van der Waals surface area contributed by atoms with Crippen molar-refractivity contribution < 1.29 is 27.5 Å². The van der Waals surface area contributed by atoms with E-state index >= 15 is 0 Å². The van der Waals surface area contributed by atoms with Gasteiger partial charge in [-0.15, -0.1) is 0 Å². The van der Waals surface area contributed by atoms with Crippen molar-refractivity contribution >= 4 is 21.9 Å². The Hall–Kier alpha value is -2.17. The zero-order valence-corrected chi connectivity index (χ0v) is 19.1. The van der Waals surface area contributed by atoms with Crippen molar-refractivity contribution in [2.24, 2.45) is 5.92 Å². The predicted molar refractivity (Wildman–Crippen MR) is 114 cm³/mol. The summed E-state index contributed by atoms with van der Waals surface area (Å²) in [7, 11) is -2.45. The second-order valence-corrected chi connectivity index (χ2v) is 9.66. The Kier molecular flexibility index (Phi) is 7.55. The molecule has 0 unspecified atom stereocenters. The van der Waals surface area contributed by atoms with E-state index in [0.717, 1.165) is 0 Å². The molecule has 10 heteroatoms. The first-order valence-electron chi connectivity index (χ1n) is 10.6. The van der Waals surface area contributed by atoms with E-state index < -0.39 is 28.1 Å². The van der Waals surface area contributed by atoms with E-state index in [1.54, 1.807) is 19.1 Å². The highest BCUT2D eigenvalue weighted by Crippen LogP contribution is 2.40. The standard InChI is InChI=1S/C21H31N3O6S/c1-4-22-20(25)14-23-11-10-15-12-18(21(26)30-5-2)24(19(15)13-23)31(27,28)17-8-6-16(29-3)7-9-17/h6-9,15,18-19H,4-5,10-14H2,1-3H3,(H,22,25)/t15-,18-,19-/m0/s1. The van der Waals surface area contributed by atoms with Crippen LogP contribution in [-0.2, 0) is 24.3 Å². The van der Waals surface area contributed by atoms with Crippen molar-refractivity contribution in [2.45, 2.75) is 43.7 Å². The molecule has 2 saturated heterocycles. The van der Waals surface area contributed by atoms with Gasteiger partial charge in [0.25, 0.3) is 0 Å². The summed E-state index contributed by atoms with van der Waals surface area (Å²) in [5, 5.41) is 2.78. The Bertz CT molecular complexity index is 889. The lowest BCUT2D eigenvalue weighted by atomic mass is 9.91. The number of carbonyl (C=O) groups is 2. The van der Waals surface area contributed by atoms with Gasteiger partial charge >= 0.3 is 5.97 Å². The molecule has 1 aromatic carbocycles. The Balaban J connectivity index is 1.91. The van der Waals surface area contributed by atoms with Crippen molar-refractivity contribution in [1.82, 2.24) is 14.5 Å². The van der Waals surface area contributed by atoms with E-state index in [1.807, 2.05) is 11.8 Å². The number of carbonyl (C=O) groups excluding carboxylic acids is 2. The quantitative estimate of drug-likeness (QED) is 0.582. The molecule has 0 saturated carbocycles. The predicted octanol–water partition coefficient (Wildman–Crippen LogP) is 0.848. The summed E-state index contributed by atoms with van der Waals surface area (Å²) < 4.78 is 38.9. The van der Waals surface area contributed by atoms with Crippen LogP contribution in [0.5, 0.6) is 5.75 Å². The SMILES string of the molecule is CCNC(=O)CN1CC[C@H]2C[C@@H](C(=O)OCC)N(S(=O)(=O)c3ccc(OC)cc3)[C@H]2C1. The van der Waals surface area contributed by atoms with Crippen LogP contribution in [0.4, 0.5) is 0 Å². The molecule has 172 valence electrons. The summed E-state index contributed by atoms with van der Waals surface area (Å²) in [6.07, 6.45) is 1.14. The number of fused-ring (bicyclic) bond motifs is 1. The number of likely N-dealkylation sites (N-methyl/N-ethyl adjacent to an activating group) is 1. The monoisotopic (exact) mass is 453 g/mol. The molecular formula is C21H31N3O6S. The first-order valence-corrected chi connectivity index (χ1v) is 12.1. The summed E-state index contributed by atoms with van der Waals surface area (Å²) in [4.78, 5) is 26.8. The van der Waals surface area contributed by atoms with Crippen LogP contribution in [0.25, 0.3) is 0 Å². The maximum atomic E-state index is 13.6. The Morgan fingerprint density at radius 1 is 1.19 bits per heavy atom. The van der Waals surface area contributed by atoms with Gasteiger partial charge in [-0.3, -0.25) is 14.5 Å². The van der Waals surface area contributed by atoms with E-state index in [0.29, 0.717) is 38.2 Å². The number of benzene rings is 1. The van der Waals surface area contributed by atoms with Gasteiger partial charge in [-0.1, -0.05) is 0 Å². The molecule has 9 nitrogen and oxygen atoms in total. The fourth-order valence-electron chi connectivity index (χ4n) is 4.48. The summed E-state index contributed by atoms with van der Waals surface area (Å²) in [6, 6.07) is 4.87. The minimum atomic E-state index is -3.96. The van der Waals surface area contributed by atoms with Crippen LogP contribution < -0.4 is 10.1 Å². The third kappa shape index (κ3) is 5.02. The number of rotatable bonds is 8. The summed E-state index contributed by atoms with van der Waals surface area (Å²) in [6.45, 7) is 5.57. The van der Waals surface area contributed by atoms with Gasteiger partial charge in [0.1, 0.15) is 11.8 Å². The molecule has 2 aliphatic rings. The van der Waals surface area contributed by atoms with Gasteiger partial charge in [0.2, 0.25) is 15.9 Å². The first kappa shape index (κ1) is 23.5. The smallest absolute Gasteiger partial charge is 0.324 e. The van der Waals surface area contributed by atoms with E-state index in [1.165, 1.54) is 23.5 Å². The largest absolute Gasteiger partial charge is 0.497 e. The molecule has 31 heavy (non-hydrogen) atoms. The van der Waals surface area contributed by atoms with Crippen molar-refractivity contribution in [3.63, 3.8) is 0 Å². The maximum absolute atomic E-state index is 13.6. The number of likely N-dealkylation sites (tertiary alicyclic amines) is 1. The summed E-state index contributed by atoms with van der Waals surface area (Å²) in [5.74, 6) is -0.0337. The maximum Gasteiger partial charge on any atom is 0.324 e. The fourth-order valence-corrected chi connectivity index (χ4v) is 6.31. The number of nitrogens with zero attached hydrogens (tertiary/aromatic N) is 2. The second-order valence-electron chi connectivity index (χ2n) is 7.82. The van der Waals surface area contributed by atoms with Gasteiger partial charge in [0.15, 0.2) is 0 Å². The van der Waals surface area contributed by atoms with Crippen LogP contribution in [0.1, 0.15) is 26.7 Å². The van der Waals surface area contributed by atoms with E-state index in [2.05, 4.69) is 5.32 Å². The number of esters is 1. The highest BCUT2D eigenvalue weighted by molar-refractivity contribution is 7.89. The fraction of sp³-hybridized carbons (Fsp3) is 0.619. The van der Waals surface area contributed by atoms with Crippen LogP contribution in [0, 0.1) is 5.92 Å². The molecule has 2 fully saturated rings. The second kappa shape index (κ2) is 9.97. The van der Waals surface area contributed by atoms with E-state index in [9.17, 15) is 18.0 Å². The van der Waals surface area contributed by atoms with Gasteiger partial charge in [-0.2, -0.15) is 4.31 Å². The van der Waals surface area contributed by atoms with Crippen molar-refractivity contribution in [3.8, 4) is 5.75 Å². The van der Waals surface area contributed by atoms with Crippen LogP contribution >= 0.6 is 0 Å². The molecule has 1 aromatic rings. The van der Waals surface area contributed by atoms with Crippen LogP contribution in [0.15, 0.2) is 29.2 Å². The number of sulfonamides is 1. The minimum absolute atomic E-state index is 0.0351. The number of methoxy groups -OCH3 is 1. The third-order valence-corrected chi connectivity index (χ3v) is 7.85. The Labute approximate surface area is 183 Å². The van der Waals surface area contributed by atoms with Crippen LogP contribution in [0.2, 0.25) is 0 Å². The first-order chi connectivity index (χ1) is 14.8. The molecule has 3 atom stereocenters. The molecule has 2 heterocycles. The van der Waals surface area contributed by atoms with Crippen LogP contribution in [0.3, 0.4) is 0 Å². The minimum Gasteiger partial charge on any atom is -0.497 e. The average Bonchev–Trinajstić information content (AvgIpc) is 3.14. The molecule has 0 radical (unpaired) electrons. The van der Waals surface area contributed by atoms with E-state index in [4.69, 9.17) is 9.47 Å². The Morgan fingerprint density at radius 3 is 2.52 bits per heavy atom. The average molecular weight is 454 g/mol. The van der Waals surface area contributed by atoms with Crippen molar-refractivity contribution in [3.05, 3.63) is 24.3 Å². The van der Waals surface area contributed by atoms with Crippen molar-refractivity contribution in [1.29, 1.82) is 0 Å². The third-order valence-electron chi connectivity index (χ3n) is 5.90. The number of amides is 1. The van der Waals surface area contributed by atoms with Crippen LogP contribution in [-0.4, -0.2) is 81.5 Å². The molecule has 0 spiro atoms. The highest BCUT2D eigenvalue weighted by atomic mass is 32.2. The molecule has 1 N–H and O–H groups in total. The molecule has 0 aliphatic carbocycles. The highest BCUT2D eigenvalue weighted by Gasteiger charge is 2.52. The molecule has 1 amide bonds. The molecule has 0 bridgehead atoms. The topological polar surface area (TPSA) is 105 Å². The van der Waals surface area contributed by atoms with Gasteiger partial charge in [-0.25, -0.2) is 8.42 Å². The van der Waals surface area contributed by atoms with Gasteiger partial charge < -0.3 is 14.8 Å². The molecule has 3 rings (SSSR count). The van der Waals surface area contributed by atoms with Gasteiger partial charge in [0, 0.05) is 19.1 Å². The molecule has 2 aliphatic heterocycles. The number of piperidine rings is 1.